The number of benzene rings is 2. The first-order chi connectivity index (χ1) is 12.7. The van der Waals surface area contributed by atoms with Crippen LogP contribution in [0.2, 0.25) is 0 Å². The Morgan fingerprint density at radius 3 is 2.27 bits per heavy atom. The third kappa shape index (κ3) is 4.80. The minimum absolute atomic E-state index is 0.160. The number of nitrogens with zero attached hydrogens (tertiary/aromatic N) is 1. The molecule has 0 aliphatic heterocycles. The van der Waals surface area contributed by atoms with Gasteiger partial charge in [-0.25, -0.2) is 0 Å². The maximum atomic E-state index is 12.3. The molecule has 132 valence electrons. The van der Waals surface area contributed by atoms with Crippen molar-refractivity contribution in [3.05, 3.63) is 83.7 Å². The van der Waals surface area contributed by atoms with E-state index in [0.717, 1.165) is 11.1 Å². The lowest BCUT2D eigenvalue weighted by Gasteiger charge is -2.07. The van der Waals surface area contributed by atoms with Gasteiger partial charge in [-0.3, -0.25) is 14.7 Å². The van der Waals surface area contributed by atoms with Gasteiger partial charge in [0.05, 0.1) is 5.69 Å². The van der Waals surface area contributed by atoms with Gasteiger partial charge in [0.2, 0.25) is 5.91 Å². The Morgan fingerprint density at radius 2 is 1.58 bits per heavy atom. The van der Waals surface area contributed by atoms with Crippen molar-refractivity contribution >= 4 is 17.5 Å². The first-order valence-corrected chi connectivity index (χ1v) is 8.42. The van der Waals surface area contributed by atoms with Crippen molar-refractivity contribution in [2.75, 3.05) is 5.32 Å². The van der Waals surface area contributed by atoms with Gasteiger partial charge in [-0.05, 0) is 17.5 Å². The Labute approximate surface area is 151 Å². The van der Waals surface area contributed by atoms with E-state index in [1.54, 1.807) is 0 Å². The highest BCUT2D eigenvalue weighted by Crippen LogP contribution is 2.13. The van der Waals surface area contributed by atoms with Crippen LogP contribution in [0.25, 0.3) is 0 Å². The number of H-pyrrole nitrogens is 1. The smallest absolute Gasteiger partial charge is 0.274 e. The normalized spacial score (nSPS) is 10.3. The summed E-state index contributed by atoms with van der Waals surface area (Å²) in [4.78, 5) is 24.5. The van der Waals surface area contributed by atoms with Crippen LogP contribution in [0.15, 0.2) is 66.9 Å². The van der Waals surface area contributed by atoms with Crippen LogP contribution in [-0.4, -0.2) is 22.0 Å². The Bertz CT molecular complexity index is 860. The number of anilines is 1. The molecule has 6 nitrogen and oxygen atoms in total. The fourth-order valence-corrected chi connectivity index (χ4v) is 2.54. The number of aromatic amines is 1. The molecule has 1 heterocycles. The fraction of sp³-hybridized carbons (Fsp3) is 0.150. The van der Waals surface area contributed by atoms with E-state index in [2.05, 4.69) is 20.8 Å². The van der Waals surface area contributed by atoms with Gasteiger partial charge in [0.1, 0.15) is 0 Å². The lowest BCUT2D eigenvalue weighted by Crippen LogP contribution is -2.25. The summed E-state index contributed by atoms with van der Waals surface area (Å²) in [6.07, 6.45) is 2.48. The quantitative estimate of drug-likeness (QED) is 0.613. The third-order valence-electron chi connectivity index (χ3n) is 3.91. The number of carbonyl (C=O) groups is 2. The van der Waals surface area contributed by atoms with Gasteiger partial charge in [0.25, 0.3) is 5.91 Å². The predicted molar refractivity (Wildman–Crippen MR) is 99.6 cm³/mol. The Kier molecular flexibility index (Phi) is 5.77. The van der Waals surface area contributed by atoms with Crippen LogP contribution < -0.4 is 10.6 Å². The molecule has 0 saturated heterocycles. The van der Waals surface area contributed by atoms with Gasteiger partial charge < -0.3 is 10.6 Å². The molecule has 0 spiro atoms. The Morgan fingerprint density at radius 1 is 0.923 bits per heavy atom. The van der Waals surface area contributed by atoms with E-state index in [1.165, 1.54) is 6.20 Å². The zero-order valence-corrected chi connectivity index (χ0v) is 14.2. The van der Waals surface area contributed by atoms with Gasteiger partial charge in [-0.2, -0.15) is 5.10 Å². The molecule has 0 saturated carbocycles. The van der Waals surface area contributed by atoms with Crippen molar-refractivity contribution < 1.29 is 9.59 Å². The monoisotopic (exact) mass is 348 g/mol. The number of carbonyl (C=O) groups excluding carboxylic acids is 2. The molecule has 3 N–H and O–H groups in total. The summed E-state index contributed by atoms with van der Waals surface area (Å²) in [5.41, 5.74) is 2.64. The minimum atomic E-state index is -0.339. The number of rotatable bonds is 7. The molecule has 0 aliphatic carbocycles. The largest absolute Gasteiger partial charge is 0.346 e. The SMILES string of the molecule is O=C(CCc1ccccc1)Nc1c[nH]nc1C(=O)NCc1ccccc1. The van der Waals surface area contributed by atoms with Gasteiger partial charge in [-0.15, -0.1) is 0 Å². The summed E-state index contributed by atoms with van der Waals surface area (Å²) < 4.78 is 0. The average molecular weight is 348 g/mol. The maximum absolute atomic E-state index is 12.3. The molecule has 2 amide bonds. The highest BCUT2D eigenvalue weighted by Gasteiger charge is 2.16. The molecule has 0 atom stereocenters. The molecule has 0 radical (unpaired) electrons. The van der Waals surface area contributed by atoms with E-state index < -0.39 is 0 Å². The fourth-order valence-electron chi connectivity index (χ4n) is 2.54. The number of nitrogens with one attached hydrogen (secondary N) is 3. The molecule has 6 heteroatoms. The van der Waals surface area contributed by atoms with Crippen molar-refractivity contribution in [2.24, 2.45) is 0 Å². The number of aryl methyl sites for hydroxylation is 1. The van der Waals surface area contributed by atoms with E-state index in [0.29, 0.717) is 25.1 Å². The number of hydrogen-bond acceptors (Lipinski definition) is 3. The predicted octanol–water partition coefficient (Wildman–Crippen LogP) is 2.91. The van der Waals surface area contributed by atoms with E-state index in [4.69, 9.17) is 0 Å². The zero-order valence-electron chi connectivity index (χ0n) is 14.2. The summed E-state index contributed by atoms with van der Waals surface area (Å²) in [5, 5.41) is 12.1. The molecule has 1 aromatic heterocycles. The number of hydrogen-bond donors (Lipinski definition) is 3. The van der Waals surface area contributed by atoms with Crippen molar-refractivity contribution in [3.8, 4) is 0 Å². The highest BCUT2D eigenvalue weighted by molar-refractivity contribution is 6.02. The summed E-state index contributed by atoms with van der Waals surface area (Å²) in [6.45, 7) is 0.397. The van der Waals surface area contributed by atoms with E-state index in [1.807, 2.05) is 60.7 Å². The Hall–Kier alpha value is -3.41. The summed E-state index contributed by atoms with van der Waals surface area (Å²) in [7, 11) is 0. The molecule has 0 fully saturated rings. The average Bonchev–Trinajstić information content (AvgIpc) is 3.14. The van der Waals surface area contributed by atoms with Gasteiger partial charge in [0.15, 0.2) is 5.69 Å². The van der Waals surface area contributed by atoms with Crippen LogP contribution in [0.4, 0.5) is 5.69 Å². The van der Waals surface area contributed by atoms with Crippen LogP contribution in [0.5, 0.6) is 0 Å². The molecule has 2 aromatic carbocycles. The van der Waals surface area contributed by atoms with E-state index in [-0.39, 0.29) is 17.5 Å². The van der Waals surface area contributed by atoms with Gasteiger partial charge in [-0.1, -0.05) is 60.7 Å². The minimum Gasteiger partial charge on any atom is -0.346 e. The summed E-state index contributed by atoms with van der Waals surface area (Å²) in [5.74, 6) is -0.499. The second-order valence-electron chi connectivity index (χ2n) is 5.85. The first-order valence-electron chi connectivity index (χ1n) is 8.42. The number of amides is 2. The van der Waals surface area contributed by atoms with Crippen molar-refractivity contribution in [2.45, 2.75) is 19.4 Å². The van der Waals surface area contributed by atoms with Crippen LogP contribution in [0.1, 0.15) is 28.0 Å². The van der Waals surface area contributed by atoms with Crippen LogP contribution in [0.3, 0.4) is 0 Å². The van der Waals surface area contributed by atoms with E-state index in [9.17, 15) is 9.59 Å². The van der Waals surface area contributed by atoms with E-state index >= 15 is 0 Å². The lowest BCUT2D eigenvalue weighted by molar-refractivity contribution is -0.116. The summed E-state index contributed by atoms with van der Waals surface area (Å²) in [6, 6.07) is 19.4. The molecule has 0 unspecified atom stereocenters. The zero-order chi connectivity index (χ0) is 18.2. The summed E-state index contributed by atoms with van der Waals surface area (Å²) >= 11 is 0. The molecule has 0 bridgehead atoms. The highest BCUT2D eigenvalue weighted by atomic mass is 16.2. The van der Waals surface area contributed by atoms with Crippen LogP contribution in [0, 0.1) is 0 Å². The van der Waals surface area contributed by atoms with Crippen LogP contribution in [-0.2, 0) is 17.8 Å². The topological polar surface area (TPSA) is 86.9 Å². The van der Waals surface area contributed by atoms with Crippen molar-refractivity contribution in [1.82, 2.24) is 15.5 Å². The van der Waals surface area contributed by atoms with Crippen LogP contribution >= 0.6 is 0 Å². The van der Waals surface area contributed by atoms with Gasteiger partial charge in [0, 0.05) is 19.2 Å². The second-order valence-corrected chi connectivity index (χ2v) is 5.85. The number of aromatic nitrogens is 2. The first kappa shape index (κ1) is 17.4. The molecule has 3 rings (SSSR count). The van der Waals surface area contributed by atoms with Gasteiger partial charge >= 0.3 is 0 Å². The standard InChI is InChI=1S/C20H20N4O2/c25-18(12-11-15-7-3-1-4-8-15)23-17-14-22-24-19(17)20(26)21-13-16-9-5-2-6-10-16/h1-10,14H,11-13H2,(H,21,26)(H,22,24)(H,23,25). The maximum Gasteiger partial charge on any atom is 0.274 e. The van der Waals surface area contributed by atoms with Crippen molar-refractivity contribution in [3.63, 3.8) is 0 Å². The third-order valence-corrected chi connectivity index (χ3v) is 3.91. The second kappa shape index (κ2) is 8.62. The Balaban J connectivity index is 1.54. The molecule has 0 aliphatic rings. The lowest BCUT2D eigenvalue weighted by atomic mass is 10.1. The molecule has 26 heavy (non-hydrogen) atoms. The molecular weight excluding hydrogens is 328 g/mol. The molecule has 3 aromatic rings. The van der Waals surface area contributed by atoms with Crippen molar-refractivity contribution in [1.29, 1.82) is 0 Å². The molecular formula is C20H20N4O2.